The van der Waals surface area contributed by atoms with Gasteiger partial charge in [0.1, 0.15) is 5.75 Å². The van der Waals surface area contributed by atoms with Crippen molar-refractivity contribution in [3.63, 3.8) is 0 Å². The van der Waals surface area contributed by atoms with Crippen molar-refractivity contribution in [3.8, 4) is 5.75 Å². The van der Waals surface area contributed by atoms with Crippen LogP contribution >= 0.6 is 11.6 Å². The number of nitrogens with one attached hydrogen (secondary N) is 1. The van der Waals surface area contributed by atoms with Crippen LogP contribution in [-0.4, -0.2) is 38.8 Å². The van der Waals surface area contributed by atoms with Gasteiger partial charge in [-0.3, -0.25) is 4.79 Å². The monoisotopic (exact) mass is 410 g/mol. The highest BCUT2D eigenvalue weighted by Gasteiger charge is 2.26. The summed E-state index contributed by atoms with van der Waals surface area (Å²) in [5.74, 6) is 0.00415. The van der Waals surface area contributed by atoms with E-state index in [0.29, 0.717) is 5.75 Å². The van der Waals surface area contributed by atoms with E-state index in [2.05, 4.69) is 5.32 Å². The topological polar surface area (TPSA) is 75.7 Å². The van der Waals surface area contributed by atoms with Crippen LogP contribution in [0, 0.1) is 0 Å². The Balaban J connectivity index is 2.13. The van der Waals surface area contributed by atoms with Gasteiger partial charge < -0.3 is 10.1 Å². The number of carbonyl (C=O) groups is 1. The largest absolute Gasteiger partial charge is 0.495 e. The molecule has 0 aliphatic carbocycles. The highest BCUT2D eigenvalue weighted by atomic mass is 35.5. The molecular weight excluding hydrogens is 388 g/mol. The van der Waals surface area contributed by atoms with Crippen LogP contribution in [0.15, 0.2) is 53.4 Å². The summed E-state index contributed by atoms with van der Waals surface area (Å²) in [5.41, 5.74) is 0.943. The van der Waals surface area contributed by atoms with Gasteiger partial charge >= 0.3 is 0 Å². The molecule has 0 saturated carbocycles. The second kappa shape index (κ2) is 9.21. The molecule has 27 heavy (non-hydrogen) atoms. The molecule has 0 bridgehead atoms. The first-order valence-electron chi connectivity index (χ1n) is 8.47. The highest BCUT2D eigenvalue weighted by Crippen LogP contribution is 2.28. The molecule has 2 aromatic carbocycles. The maximum atomic E-state index is 12.9. The van der Waals surface area contributed by atoms with Crippen molar-refractivity contribution in [1.29, 1.82) is 0 Å². The lowest BCUT2D eigenvalue weighted by Crippen LogP contribution is -2.41. The van der Waals surface area contributed by atoms with Crippen molar-refractivity contribution in [3.05, 3.63) is 59.1 Å². The normalized spacial score (nSPS) is 12.6. The van der Waals surface area contributed by atoms with Gasteiger partial charge in [-0.05, 0) is 30.7 Å². The average molecular weight is 411 g/mol. The Morgan fingerprint density at radius 1 is 1.22 bits per heavy atom. The van der Waals surface area contributed by atoms with Gasteiger partial charge in [0.05, 0.1) is 29.6 Å². The zero-order valence-electron chi connectivity index (χ0n) is 15.5. The van der Waals surface area contributed by atoms with Gasteiger partial charge in [0.25, 0.3) is 0 Å². The van der Waals surface area contributed by atoms with E-state index in [4.69, 9.17) is 16.3 Å². The maximum absolute atomic E-state index is 12.9. The zero-order chi connectivity index (χ0) is 20.0. The SMILES string of the molecule is CCN(CC(=O)N[C@@H](C)c1ccccc1)S(=O)(=O)c1ccc(OC)c(Cl)c1. The van der Waals surface area contributed by atoms with Gasteiger partial charge in [-0.1, -0.05) is 48.9 Å². The second-order valence-electron chi connectivity index (χ2n) is 5.93. The summed E-state index contributed by atoms with van der Waals surface area (Å²) in [7, 11) is -2.41. The molecule has 8 heteroatoms. The smallest absolute Gasteiger partial charge is 0.243 e. The zero-order valence-corrected chi connectivity index (χ0v) is 17.0. The molecule has 0 saturated heterocycles. The summed E-state index contributed by atoms with van der Waals surface area (Å²) in [6.07, 6.45) is 0. The molecule has 0 aliphatic heterocycles. The number of carbonyl (C=O) groups excluding carboxylic acids is 1. The Hall–Kier alpha value is -2.09. The first kappa shape index (κ1) is 21.2. The number of amides is 1. The molecule has 6 nitrogen and oxygen atoms in total. The molecule has 1 amide bonds. The molecule has 0 unspecified atom stereocenters. The third kappa shape index (κ3) is 5.22. The van der Waals surface area contributed by atoms with Crippen LogP contribution in [0.2, 0.25) is 5.02 Å². The molecule has 146 valence electrons. The van der Waals surface area contributed by atoms with Gasteiger partial charge in [0.15, 0.2) is 0 Å². The molecular formula is C19H23ClN2O4S. The number of rotatable bonds is 8. The van der Waals surface area contributed by atoms with E-state index in [9.17, 15) is 13.2 Å². The molecule has 1 atom stereocenters. The third-order valence-electron chi connectivity index (χ3n) is 4.11. The first-order valence-corrected chi connectivity index (χ1v) is 10.3. The number of benzene rings is 2. The minimum atomic E-state index is -3.86. The average Bonchev–Trinajstić information content (AvgIpc) is 2.66. The van der Waals surface area contributed by atoms with Gasteiger partial charge in [0.2, 0.25) is 15.9 Å². The number of ether oxygens (including phenoxy) is 1. The first-order chi connectivity index (χ1) is 12.8. The van der Waals surface area contributed by atoms with Gasteiger partial charge in [0, 0.05) is 6.54 Å². The fourth-order valence-electron chi connectivity index (χ4n) is 2.60. The Morgan fingerprint density at radius 2 is 1.89 bits per heavy atom. The van der Waals surface area contributed by atoms with E-state index < -0.39 is 10.0 Å². The lowest BCUT2D eigenvalue weighted by Gasteiger charge is -2.22. The van der Waals surface area contributed by atoms with Crippen LogP contribution in [-0.2, 0) is 14.8 Å². The van der Waals surface area contributed by atoms with Crippen molar-refractivity contribution < 1.29 is 17.9 Å². The number of sulfonamides is 1. The predicted octanol–water partition coefficient (Wildman–Crippen LogP) is 3.24. The third-order valence-corrected chi connectivity index (χ3v) is 6.32. The number of hydrogen-bond acceptors (Lipinski definition) is 4. The van der Waals surface area contributed by atoms with Crippen molar-refractivity contribution in [2.75, 3.05) is 20.2 Å². The van der Waals surface area contributed by atoms with Crippen molar-refractivity contribution >= 4 is 27.5 Å². The molecule has 2 aromatic rings. The van der Waals surface area contributed by atoms with Crippen LogP contribution in [0.3, 0.4) is 0 Å². The summed E-state index contributed by atoms with van der Waals surface area (Å²) in [5, 5.41) is 3.01. The molecule has 0 aromatic heterocycles. The van der Waals surface area contributed by atoms with Crippen molar-refractivity contribution in [2.24, 2.45) is 0 Å². The predicted molar refractivity (Wildman–Crippen MR) is 105 cm³/mol. The minimum absolute atomic E-state index is 0.0130. The van der Waals surface area contributed by atoms with E-state index in [1.807, 2.05) is 37.3 Å². The Kier molecular flexibility index (Phi) is 7.24. The van der Waals surface area contributed by atoms with Crippen molar-refractivity contribution in [2.45, 2.75) is 24.8 Å². The van der Waals surface area contributed by atoms with E-state index in [-0.39, 0.29) is 35.0 Å². The fourth-order valence-corrected chi connectivity index (χ4v) is 4.35. The summed E-state index contributed by atoms with van der Waals surface area (Å²) < 4.78 is 31.9. The number of hydrogen-bond donors (Lipinski definition) is 1. The lowest BCUT2D eigenvalue weighted by atomic mass is 10.1. The van der Waals surface area contributed by atoms with E-state index >= 15 is 0 Å². The van der Waals surface area contributed by atoms with Crippen LogP contribution < -0.4 is 10.1 Å². The van der Waals surface area contributed by atoms with E-state index in [1.165, 1.54) is 25.3 Å². The Morgan fingerprint density at radius 3 is 2.44 bits per heavy atom. The molecule has 1 N–H and O–H groups in total. The molecule has 0 fully saturated rings. The molecule has 0 heterocycles. The molecule has 0 aliphatic rings. The Bertz CT molecular complexity index is 888. The van der Waals surface area contributed by atoms with Crippen LogP contribution in [0.4, 0.5) is 0 Å². The second-order valence-corrected chi connectivity index (χ2v) is 8.27. The van der Waals surface area contributed by atoms with Crippen LogP contribution in [0.25, 0.3) is 0 Å². The summed E-state index contributed by atoms with van der Waals surface area (Å²) in [4.78, 5) is 12.4. The molecule has 0 radical (unpaired) electrons. The van der Waals surface area contributed by atoms with Crippen LogP contribution in [0.1, 0.15) is 25.5 Å². The van der Waals surface area contributed by atoms with Gasteiger partial charge in [-0.25, -0.2) is 8.42 Å². The number of halogens is 1. The van der Waals surface area contributed by atoms with E-state index in [0.717, 1.165) is 9.87 Å². The number of methoxy groups -OCH3 is 1. The lowest BCUT2D eigenvalue weighted by molar-refractivity contribution is -0.121. The number of likely N-dealkylation sites (N-methyl/N-ethyl adjacent to an activating group) is 1. The van der Waals surface area contributed by atoms with E-state index in [1.54, 1.807) is 6.92 Å². The van der Waals surface area contributed by atoms with Gasteiger partial charge in [-0.15, -0.1) is 0 Å². The van der Waals surface area contributed by atoms with Gasteiger partial charge in [-0.2, -0.15) is 4.31 Å². The van der Waals surface area contributed by atoms with Crippen molar-refractivity contribution in [1.82, 2.24) is 9.62 Å². The summed E-state index contributed by atoms with van der Waals surface area (Å²) in [6, 6.07) is 13.5. The summed E-state index contributed by atoms with van der Waals surface area (Å²) in [6.45, 7) is 3.40. The quantitative estimate of drug-likeness (QED) is 0.724. The van der Waals surface area contributed by atoms with Crippen LogP contribution in [0.5, 0.6) is 5.75 Å². The highest BCUT2D eigenvalue weighted by molar-refractivity contribution is 7.89. The molecule has 0 spiro atoms. The number of nitrogens with zero attached hydrogens (tertiary/aromatic N) is 1. The summed E-state index contributed by atoms with van der Waals surface area (Å²) >= 11 is 6.04. The maximum Gasteiger partial charge on any atom is 0.243 e. The molecule has 2 rings (SSSR count). The fraction of sp³-hybridized carbons (Fsp3) is 0.316. The minimum Gasteiger partial charge on any atom is -0.495 e. The standard InChI is InChI=1S/C19H23ClN2O4S/c1-4-22(13-19(23)21-14(2)15-8-6-5-7-9-15)27(24,25)16-10-11-18(26-3)17(20)12-16/h5-12,14H,4,13H2,1-3H3,(H,21,23)/t14-/m0/s1. The Labute approximate surface area is 165 Å².